The first kappa shape index (κ1) is 16.6. The Morgan fingerprint density at radius 3 is 2.24 bits per heavy atom. The van der Waals surface area contributed by atoms with Crippen LogP contribution in [-0.2, 0) is 4.79 Å². The van der Waals surface area contributed by atoms with E-state index in [9.17, 15) is 19.7 Å². The van der Waals surface area contributed by atoms with E-state index in [1.807, 2.05) is 20.8 Å². The van der Waals surface area contributed by atoms with Gasteiger partial charge in [0.25, 0.3) is 11.6 Å². The van der Waals surface area contributed by atoms with Crippen molar-refractivity contribution in [1.29, 1.82) is 0 Å². The van der Waals surface area contributed by atoms with Gasteiger partial charge in [-0.15, -0.1) is 0 Å². The number of hydrogen-bond acceptors (Lipinski definition) is 4. The van der Waals surface area contributed by atoms with Gasteiger partial charge in [-0.25, -0.2) is 0 Å². The van der Waals surface area contributed by atoms with Crippen LogP contribution in [-0.4, -0.2) is 28.8 Å². The van der Waals surface area contributed by atoms with Crippen molar-refractivity contribution in [2.75, 3.05) is 6.54 Å². The molecule has 1 aromatic rings. The van der Waals surface area contributed by atoms with Gasteiger partial charge in [-0.2, -0.15) is 0 Å². The molecular weight excluding hydrogens is 274 g/mol. The molecule has 114 valence electrons. The Morgan fingerprint density at radius 1 is 1.19 bits per heavy atom. The number of nitro benzene ring substituents is 1. The van der Waals surface area contributed by atoms with E-state index < -0.39 is 4.92 Å². The van der Waals surface area contributed by atoms with Crippen LogP contribution in [0.5, 0.6) is 0 Å². The Bertz CT molecular complexity index is 532. The standard InChI is InChI=1S/C14H19N3O4/c1-14(2,3)16-12(18)8-9-15-13(19)10-4-6-11(7-5-10)17(20)21/h4-7H,8-9H2,1-3H3,(H,15,19)(H,16,18). The van der Waals surface area contributed by atoms with E-state index in [2.05, 4.69) is 10.6 Å². The molecule has 0 heterocycles. The first-order valence-electron chi connectivity index (χ1n) is 6.53. The SMILES string of the molecule is CC(C)(C)NC(=O)CCNC(=O)c1ccc([N+](=O)[O-])cc1. The lowest BCUT2D eigenvalue weighted by Gasteiger charge is -2.20. The molecule has 2 N–H and O–H groups in total. The quantitative estimate of drug-likeness (QED) is 0.636. The molecule has 0 fully saturated rings. The van der Waals surface area contributed by atoms with Crippen LogP contribution in [0.25, 0.3) is 0 Å². The molecule has 0 spiro atoms. The second-order valence-electron chi connectivity index (χ2n) is 5.61. The molecule has 0 saturated heterocycles. The summed E-state index contributed by atoms with van der Waals surface area (Å²) in [6.07, 6.45) is 0.177. The molecule has 0 saturated carbocycles. The fraction of sp³-hybridized carbons (Fsp3) is 0.429. The summed E-state index contributed by atoms with van der Waals surface area (Å²) in [6.45, 7) is 5.83. The highest BCUT2D eigenvalue weighted by Crippen LogP contribution is 2.11. The fourth-order valence-corrected chi connectivity index (χ4v) is 1.61. The van der Waals surface area contributed by atoms with Crippen molar-refractivity contribution in [3.05, 3.63) is 39.9 Å². The summed E-state index contributed by atoms with van der Waals surface area (Å²) in [5.41, 5.74) is -0.0626. The summed E-state index contributed by atoms with van der Waals surface area (Å²) in [5, 5.41) is 15.9. The van der Waals surface area contributed by atoms with Crippen molar-refractivity contribution in [3.8, 4) is 0 Å². The van der Waals surface area contributed by atoms with Gasteiger partial charge in [0.1, 0.15) is 0 Å². The number of nitro groups is 1. The van der Waals surface area contributed by atoms with E-state index >= 15 is 0 Å². The number of rotatable bonds is 5. The highest BCUT2D eigenvalue weighted by Gasteiger charge is 2.14. The molecule has 7 heteroatoms. The number of nitrogens with zero attached hydrogens (tertiary/aromatic N) is 1. The Balaban J connectivity index is 2.44. The molecule has 1 aromatic carbocycles. The molecule has 0 aliphatic rings. The van der Waals surface area contributed by atoms with Crippen molar-refractivity contribution in [1.82, 2.24) is 10.6 Å². The van der Waals surface area contributed by atoms with Gasteiger partial charge < -0.3 is 10.6 Å². The van der Waals surface area contributed by atoms with Crippen molar-refractivity contribution in [3.63, 3.8) is 0 Å². The fourth-order valence-electron chi connectivity index (χ4n) is 1.61. The normalized spacial score (nSPS) is 10.8. The number of carbonyl (C=O) groups is 2. The topological polar surface area (TPSA) is 101 Å². The smallest absolute Gasteiger partial charge is 0.269 e. The first-order valence-corrected chi connectivity index (χ1v) is 6.53. The van der Waals surface area contributed by atoms with Gasteiger partial charge in [-0.3, -0.25) is 19.7 Å². The highest BCUT2D eigenvalue weighted by molar-refractivity contribution is 5.94. The van der Waals surface area contributed by atoms with Crippen LogP contribution in [0, 0.1) is 10.1 Å². The van der Waals surface area contributed by atoms with E-state index in [-0.39, 0.29) is 36.0 Å². The maximum Gasteiger partial charge on any atom is 0.269 e. The lowest BCUT2D eigenvalue weighted by Crippen LogP contribution is -2.41. The van der Waals surface area contributed by atoms with E-state index in [4.69, 9.17) is 0 Å². The summed E-state index contributed by atoms with van der Waals surface area (Å²) in [4.78, 5) is 33.3. The first-order chi connectivity index (χ1) is 9.69. The van der Waals surface area contributed by atoms with Crippen molar-refractivity contribution in [2.24, 2.45) is 0 Å². The Labute approximate surface area is 122 Å². The zero-order chi connectivity index (χ0) is 16.0. The van der Waals surface area contributed by atoms with E-state index in [1.165, 1.54) is 24.3 Å². The number of carbonyl (C=O) groups excluding carboxylic acids is 2. The van der Waals surface area contributed by atoms with Crippen LogP contribution < -0.4 is 10.6 Å². The average Bonchev–Trinajstić information content (AvgIpc) is 2.36. The molecule has 0 aromatic heterocycles. The van der Waals surface area contributed by atoms with Gasteiger partial charge in [0.2, 0.25) is 5.91 Å². The van der Waals surface area contributed by atoms with Gasteiger partial charge in [0, 0.05) is 36.2 Å². The van der Waals surface area contributed by atoms with Crippen LogP contribution in [0.2, 0.25) is 0 Å². The second-order valence-corrected chi connectivity index (χ2v) is 5.61. The summed E-state index contributed by atoms with van der Waals surface area (Å²) in [6, 6.07) is 5.29. The molecule has 21 heavy (non-hydrogen) atoms. The average molecular weight is 293 g/mol. The molecule has 2 amide bonds. The van der Waals surface area contributed by atoms with Crippen LogP contribution in [0.15, 0.2) is 24.3 Å². The maximum absolute atomic E-state index is 11.8. The van der Waals surface area contributed by atoms with Gasteiger partial charge in [-0.05, 0) is 32.9 Å². The van der Waals surface area contributed by atoms with E-state index in [1.54, 1.807) is 0 Å². The van der Waals surface area contributed by atoms with Gasteiger partial charge in [0.15, 0.2) is 0 Å². The summed E-state index contributed by atoms with van der Waals surface area (Å²) < 4.78 is 0. The van der Waals surface area contributed by atoms with E-state index in [0.717, 1.165) is 0 Å². The summed E-state index contributed by atoms with van der Waals surface area (Å²) >= 11 is 0. The molecule has 0 unspecified atom stereocenters. The minimum Gasteiger partial charge on any atom is -0.352 e. The van der Waals surface area contributed by atoms with E-state index in [0.29, 0.717) is 5.56 Å². The van der Waals surface area contributed by atoms with Gasteiger partial charge in [-0.1, -0.05) is 0 Å². The molecule has 0 radical (unpaired) electrons. The molecule has 7 nitrogen and oxygen atoms in total. The monoisotopic (exact) mass is 293 g/mol. The summed E-state index contributed by atoms with van der Waals surface area (Å²) in [7, 11) is 0. The second kappa shape index (κ2) is 6.83. The predicted molar refractivity (Wildman–Crippen MR) is 77.9 cm³/mol. The van der Waals surface area contributed by atoms with Crippen molar-refractivity contribution in [2.45, 2.75) is 32.7 Å². The van der Waals surface area contributed by atoms with Crippen molar-refractivity contribution < 1.29 is 14.5 Å². The molecule has 0 atom stereocenters. The third-order valence-electron chi connectivity index (χ3n) is 2.49. The Kier molecular flexibility index (Phi) is 5.40. The predicted octanol–water partition coefficient (Wildman–Crippen LogP) is 1.63. The highest BCUT2D eigenvalue weighted by atomic mass is 16.6. The van der Waals surface area contributed by atoms with Crippen LogP contribution in [0.1, 0.15) is 37.6 Å². The number of amides is 2. The maximum atomic E-state index is 11.8. The lowest BCUT2D eigenvalue weighted by molar-refractivity contribution is -0.384. The minimum atomic E-state index is -0.529. The lowest BCUT2D eigenvalue weighted by atomic mass is 10.1. The minimum absolute atomic E-state index is 0.0731. The molecule has 1 rings (SSSR count). The van der Waals surface area contributed by atoms with Crippen LogP contribution >= 0.6 is 0 Å². The Morgan fingerprint density at radius 2 is 1.76 bits per heavy atom. The number of benzene rings is 1. The van der Waals surface area contributed by atoms with Crippen LogP contribution in [0.4, 0.5) is 5.69 Å². The summed E-state index contributed by atoms with van der Waals surface area (Å²) in [5.74, 6) is -0.514. The third kappa shape index (κ3) is 6.03. The Hall–Kier alpha value is -2.44. The zero-order valence-electron chi connectivity index (χ0n) is 12.3. The van der Waals surface area contributed by atoms with Gasteiger partial charge >= 0.3 is 0 Å². The van der Waals surface area contributed by atoms with Gasteiger partial charge in [0.05, 0.1) is 4.92 Å². The molecule has 0 aliphatic heterocycles. The number of nitrogens with one attached hydrogen (secondary N) is 2. The number of non-ortho nitro benzene ring substituents is 1. The molecular formula is C14H19N3O4. The zero-order valence-corrected chi connectivity index (χ0v) is 12.3. The largest absolute Gasteiger partial charge is 0.352 e. The van der Waals surface area contributed by atoms with Crippen molar-refractivity contribution >= 4 is 17.5 Å². The molecule has 0 bridgehead atoms. The third-order valence-corrected chi connectivity index (χ3v) is 2.49. The molecule has 0 aliphatic carbocycles. The van der Waals surface area contributed by atoms with Crippen LogP contribution in [0.3, 0.4) is 0 Å². The number of hydrogen-bond donors (Lipinski definition) is 2.